The Kier molecular flexibility index (Phi) is 6.09. The summed E-state index contributed by atoms with van der Waals surface area (Å²) in [6.07, 6.45) is 0.134. The van der Waals surface area contributed by atoms with Gasteiger partial charge in [-0.15, -0.1) is 11.6 Å². The van der Waals surface area contributed by atoms with Crippen LogP contribution < -0.4 is 10.2 Å². The van der Waals surface area contributed by atoms with E-state index in [1.54, 1.807) is 4.90 Å². The summed E-state index contributed by atoms with van der Waals surface area (Å²) in [4.78, 5) is 12.6. The Bertz CT molecular complexity index is 224. The predicted octanol–water partition coefficient (Wildman–Crippen LogP) is -0.719. The van der Waals surface area contributed by atoms with E-state index in [9.17, 15) is 4.79 Å². The molecule has 0 aromatic rings. The lowest BCUT2D eigenvalue weighted by Crippen LogP contribution is -3.15. The molecule has 5 heteroatoms. The zero-order valence-electron chi connectivity index (χ0n) is 10.1. The van der Waals surface area contributed by atoms with Gasteiger partial charge < -0.3 is 15.0 Å². The fourth-order valence-corrected chi connectivity index (χ4v) is 2.12. The average Bonchev–Trinajstić information content (AvgIpc) is 2.25. The maximum absolute atomic E-state index is 11.0. The molecular formula is C11H22ClN2O2+. The number of hydrogen-bond acceptors (Lipinski definition) is 2. The number of carbonyl (C=O) groups is 1. The first kappa shape index (κ1) is 13.7. The van der Waals surface area contributed by atoms with Gasteiger partial charge in [0.15, 0.2) is 0 Å². The molecule has 1 aliphatic heterocycles. The van der Waals surface area contributed by atoms with Crippen molar-refractivity contribution >= 4 is 17.5 Å². The van der Waals surface area contributed by atoms with Crippen molar-refractivity contribution in [2.24, 2.45) is 5.92 Å². The van der Waals surface area contributed by atoms with Gasteiger partial charge >= 0.3 is 0 Å². The summed E-state index contributed by atoms with van der Waals surface area (Å²) in [5, 5.41) is 2.77. The minimum absolute atomic E-state index is 0.0231. The molecule has 1 heterocycles. The van der Waals surface area contributed by atoms with Crippen LogP contribution in [0, 0.1) is 5.92 Å². The highest BCUT2D eigenvalue weighted by atomic mass is 35.5. The van der Waals surface area contributed by atoms with Crippen molar-refractivity contribution in [3.63, 3.8) is 0 Å². The van der Waals surface area contributed by atoms with Crippen molar-refractivity contribution in [2.45, 2.75) is 20.0 Å². The van der Waals surface area contributed by atoms with Gasteiger partial charge in [0, 0.05) is 12.5 Å². The maximum Gasteiger partial charge on any atom is 0.235 e. The van der Waals surface area contributed by atoms with E-state index in [1.807, 2.05) is 0 Å². The number of rotatable bonds is 5. The lowest BCUT2D eigenvalue weighted by molar-refractivity contribution is -0.914. The Balaban J connectivity index is 2.24. The zero-order valence-corrected chi connectivity index (χ0v) is 10.8. The number of amides is 1. The van der Waals surface area contributed by atoms with Crippen molar-refractivity contribution in [2.75, 3.05) is 38.7 Å². The Hall–Kier alpha value is -0.320. The van der Waals surface area contributed by atoms with Crippen LogP contribution in [-0.2, 0) is 9.53 Å². The third-order valence-electron chi connectivity index (χ3n) is 2.67. The molecule has 94 valence electrons. The van der Waals surface area contributed by atoms with Gasteiger partial charge in [0.2, 0.25) is 5.91 Å². The molecule has 1 rings (SSSR count). The average molecular weight is 250 g/mol. The van der Waals surface area contributed by atoms with E-state index in [0.29, 0.717) is 12.5 Å². The number of halogens is 1. The summed E-state index contributed by atoms with van der Waals surface area (Å²) in [6, 6.07) is 0. The number of quaternary nitrogens is 1. The van der Waals surface area contributed by atoms with Crippen LogP contribution in [0.2, 0.25) is 0 Å². The van der Waals surface area contributed by atoms with Crippen molar-refractivity contribution in [1.82, 2.24) is 5.32 Å². The lowest BCUT2D eigenvalue weighted by atomic mass is 10.2. The highest BCUT2D eigenvalue weighted by Crippen LogP contribution is 1.93. The fourth-order valence-electron chi connectivity index (χ4n) is 2.02. The summed E-state index contributed by atoms with van der Waals surface area (Å²) in [6.45, 7) is 9.03. The molecule has 2 N–H and O–H groups in total. The van der Waals surface area contributed by atoms with E-state index in [2.05, 4.69) is 19.2 Å². The Morgan fingerprint density at radius 3 is 3.00 bits per heavy atom. The first-order valence-electron chi connectivity index (χ1n) is 5.89. The van der Waals surface area contributed by atoms with Gasteiger partial charge in [-0.3, -0.25) is 4.79 Å². The molecule has 0 radical (unpaired) electrons. The second-order valence-corrected chi connectivity index (χ2v) is 5.00. The van der Waals surface area contributed by atoms with Gasteiger partial charge in [-0.1, -0.05) is 13.8 Å². The van der Waals surface area contributed by atoms with E-state index in [0.717, 1.165) is 19.7 Å². The number of morpholine rings is 1. The molecule has 0 aromatic heterocycles. The molecule has 0 bridgehead atoms. The van der Waals surface area contributed by atoms with Crippen LogP contribution in [0.4, 0.5) is 0 Å². The molecule has 0 aliphatic carbocycles. The number of carbonyl (C=O) groups excluding carboxylic acids is 1. The normalized spacial score (nSPS) is 25.8. The summed E-state index contributed by atoms with van der Waals surface area (Å²) in [5.74, 6) is 0.599. The van der Waals surface area contributed by atoms with Gasteiger partial charge in [-0.05, 0) is 0 Å². The lowest BCUT2D eigenvalue weighted by Gasteiger charge is -2.31. The largest absolute Gasteiger partial charge is 0.365 e. The van der Waals surface area contributed by atoms with Crippen molar-refractivity contribution < 1.29 is 14.4 Å². The molecule has 0 spiro atoms. The third-order valence-corrected chi connectivity index (χ3v) is 2.91. The van der Waals surface area contributed by atoms with Crippen LogP contribution in [0.1, 0.15) is 13.8 Å². The monoisotopic (exact) mass is 249 g/mol. The summed E-state index contributed by atoms with van der Waals surface area (Å²) >= 11 is 5.41. The standard InChI is InChI=1S/C11H21ClN2O2/c1-9(2)7-14-3-4-16-10(8-14)6-13-11(15)5-12/h9-10H,3-8H2,1-2H3,(H,13,15)/p+1/t10-/m1/s1. The molecule has 1 amide bonds. The molecule has 1 unspecified atom stereocenters. The first-order valence-corrected chi connectivity index (χ1v) is 6.43. The van der Waals surface area contributed by atoms with E-state index in [4.69, 9.17) is 16.3 Å². The highest BCUT2D eigenvalue weighted by molar-refractivity contribution is 6.27. The van der Waals surface area contributed by atoms with Crippen LogP contribution in [0.5, 0.6) is 0 Å². The molecule has 2 atom stereocenters. The van der Waals surface area contributed by atoms with Gasteiger partial charge in [0.25, 0.3) is 0 Å². The number of hydrogen-bond donors (Lipinski definition) is 2. The fraction of sp³-hybridized carbons (Fsp3) is 0.909. The van der Waals surface area contributed by atoms with E-state index in [1.165, 1.54) is 6.54 Å². The summed E-state index contributed by atoms with van der Waals surface area (Å²) in [7, 11) is 0. The van der Waals surface area contributed by atoms with Crippen LogP contribution in [-0.4, -0.2) is 50.7 Å². The summed E-state index contributed by atoms with van der Waals surface area (Å²) in [5.41, 5.74) is 0. The van der Waals surface area contributed by atoms with Crippen LogP contribution >= 0.6 is 11.6 Å². The molecule has 1 fully saturated rings. The molecule has 1 aliphatic rings. The Labute approximate surface area is 102 Å². The number of nitrogens with one attached hydrogen (secondary N) is 2. The van der Waals surface area contributed by atoms with Gasteiger partial charge in [0.1, 0.15) is 25.1 Å². The third kappa shape index (κ3) is 5.14. The van der Waals surface area contributed by atoms with Crippen molar-refractivity contribution in [3.05, 3.63) is 0 Å². The van der Waals surface area contributed by atoms with Crippen LogP contribution in [0.25, 0.3) is 0 Å². The Morgan fingerprint density at radius 2 is 2.38 bits per heavy atom. The minimum Gasteiger partial charge on any atom is -0.365 e. The molecule has 0 aromatic carbocycles. The maximum atomic E-state index is 11.0. The van der Waals surface area contributed by atoms with Gasteiger partial charge in [-0.25, -0.2) is 0 Å². The van der Waals surface area contributed by atoms with Gasteiger partial charge in [-0.2, -0.15) is 0 Å². The first-order chi connectivity index (χ1) is 7.61. The smallest absolute Gasteiger partial charge is 0.235 e. The van der Waals surface area contributed by atoms with E-state index < -0.39 is 0 Å². The molecule has 4 nitrogen and oxygen atoms in total. The molecule has 1 saturated heterocycles. The van der Waals surface area contributed by atoms with Crippen LogP contribution in [0.15, 0.2) is 0 Å². The molecular weight excluding hydrogens is 228 g/mol. The highest BCUT2D eigenvalue weighted by Gasteiger charge is 2.24. The second-order valence-electron chi connectivity index (χ2n) is 4.73. The zero-order chi connectivity index (χ0) is 12.0. The van der Waals surface area contributed by atoms with E-state index >= 15 is 0 Å². The summed E-state index contributed by atoms with van der Waals surface area (Å²) < 4.78 is 5.61. The van der Waals surface area contributed by atoms with Gasteiger partial charge in [0.05, 0.1) is 13.2 Å². The second kappa shape index (κ2) is 7.09. The SMILES string of the molecule is CC(C)C[NH+]1CCO[C@H](CNC(=O)CCl)C1. The molecule has 0 saturated carbocycles. The Morgan fingerprint density at radius 1 is 1.62 bits per heavy atom. The minimum atomic E-state index is -0.124. The predicted molar refractivity (Wildman–Crippen MR) is 63.9 cm³/mol. The van der Waals surface area contributed by atoms with Crippen LogP contribution in [0.3, 0.4) is 0 Å². The topological polar surface area (TPSA) is 42.8 Å². The van der Waals surface area contributed by atoms with Crippen molar-refractivity contribution in [1.29, 1.82) is 0 Å². The quantitative estimate of drug-likeness (QED) is 0.632. The number of alkyl halides is 1. The number of ether oxygens (including phenoxy) is 1. The van der Waals surface area contributed by atoms with E-state index in [-0.39, 0.29) is 17.9 Å². The molecule has 16 heavy (non-hydrogen) atoms. The van der Waals surface area contributed by atoms with Crippen molar-refractivity contribution in [3.8, 4) is 0 Å².